The number of methoxy groups -OCH3 is 1. The number of hydrogen-bond acceptors (Lipinski definition) is 7. The van der Waals surface area contributed by atoms with Crippen LogP contribution in [0.4, 0.5) is 4.79 Å². The molecular formula is C39H46N5O6+. The highest BCUT2D eigenvalue weighted by molar-refractivity contribution is 5.87. The average Bonchev–Trinajstić information content (AvgIpc) is 3.41. The van der Waals surface area contributed by atoms with Gasteiger partial charge in [-0.2, -0.15) is 0 Å². The van der Waals surface area contributed by atoms with Gasteiger partial charge in [0.25, 0.3) is 11.8 Å². The van der Waals surface area contributed by atoms with Gasteiger partial charge in [0.2, 0.25) is 0 Å². The summed E-state index contributed by atoms with van der Waals surface area (Å²) in [7, 11) is 1.22. The van der Waals surface area contributed by atoms with Gasteiger partial charge in [-0.05, 0) is 34.2 Å². The van der Waals surface area contributed by atoms with Gasteiger partial charge in [-0.25, -0.2) is 15.2 Å². The molecule has 4 aromatic rings. The first-order valence-electron chi connectivity index (χ1n) is 16.7. The number of quaternary nitrogens is 1. The van der Waals surface area contributed by atoms with Gasteiger partial charge < -0.3 is 25.6 Å². The lowest BCUT2D eigenvalue weighted by Gasteiger charge is -2.34. The zero-order chi connectivity index (χ0) is 35.9. The normalized spacial score (nSPS) is 17.8. The molecule has 0 fully saturated rings. The van der Waals surface area contributed by atoms with Crippen molar-refractivity contribution >= 4 is 17.9 Å². The number of pyridine rings is 1. The Labute approximate surface area is 292 Å². The standard InChI is InChI=1S/C39H45N5O6/c1-38(2,3)34(42-37(48)50-4)35(46)43-44(24-27-17-19-28(20-18-27)31-16-10-11-21-40-31)25-39(49,23-26-12-6-5-7-13-26)36(47)41-33-30-15-9-8-14-29(30)22-32(33)45/h5-21,32-34,45,49H,22-25H2,1-4H3,(H,41,47)(H,42,48)(H,43,46)/p+1/t32-,33+,34-,39+/m1/s1. The highest BCUT2D eigenvalue weighted by Crippen LogP contribution is 2.32. The Kier molecular flexibility index (Phi) is 11.3. The summed E-state index contributed by atoms with van der Waals surface area (Å²) < 4.78 is 4.79. The number of hydrogen-bond donors (Lipinski definition) is 6. The summed E-state index contributed by atoms with van der Waals surface area (Å²) in [4.78, 5) is 44.9. The number of nitrogens with zero attached hydrogens (tertiary/aromatic N) is 1. The largest absolute Gasteiger partial charge is 0.453 e. The number of fused-ring (bicyclic) bond motifs is 1. The summed E-state index contributed by atoms with van der Waals surface area (Å²) in [6, 6.07) is 28.3. The molecule has 11 nitrogen and oxygen atoms in total. The minimum Gasteiger partial charge on any atom is -0.453 e. The van der Waals surface area contributed by atoms with Crippen LogP contribution in [0.15, 0.2) is 103 Å². The molecule has 50 heavy (non-hydrogen) atoms. The lowest BCUT2D eigenvalue weighted by molar-refractivity contribution is -0.954. The predicted octanol–water partition coefficient (Wildman–Crippen LogP) is 2.68. The number of aromatic nitrogens is 1. The van der Waals surface area contributed by atoms with Crippen molar-refractivity contribution in [2.75, 3.05) is 13.7 Å². The summed E-state index contributed by atoms with van der Waals surface area (Å²) in [5.41, 5.74) is 5.18. The molecule has 3 aromatic carbocycles. The Hall–Kier alpha value is -5.10. The molecule has 0 saturated carbocycles. The number of rotatable bonds is 12. The first kappa shape index (κ1) is 36.2. The van der Waals surface area contributed by atoms with Gasteiger partial charge >= 0.3 is 6.09 Å². The molecule has 11 heteroatoms. The molecule has 0 radical (unpaired) electrons. The van der Waals surface area contributed by atoms with Crippen LogP contribution in [0.2, 0.25) is 0 Å². The first-order valence-corrected chi connectivity index (χ1v) is 16.7. The molecule has 0 bridgehead atoms. The molecule has 1 aromatic heterocycles. The van der Waals surface area contributed by atoms with Crippen LogP contribution in [0, 0.1) is 5.41 Å². The monoisotopic (exact) mass is 680 g/mol. The Morgan fingerprint density at radius 3 is 2.26 bits per heavy atom. The molecule has 1 unspecified atom stereocenters. The number of aliphatic hydroxyl groups excluding tert-OH is 1. The molecule has 3 amide bonds. The van der Waals surface area contributed by atoms with Crippen molar-refractivity contribution in [2.24, 2.45) is 5.41 Å². The topological polar surface area (TPSA) is 154 Å². The fourth-order valence-electron chi connectivity index (χ4n) is 6.36. The maximum absolute atomic E-state index is 14.3. The van der Waals surface area contributed by atoms with Crippen molar-refractivity contribution in [3.05, 3.63) is 126 Å². The van der Waals surface area contributed by atoms with E-state index in [0.29, 0.717) is 17.0 Å². The summed E-state index contributed by atoms with van der Waals surface area (Å²) in [5.74, 6) is -1.20. The number of nitrogens with one attached hydrogen (secondary N) is 4. The number of amides is 3. The second-order valence-corrected chi connectivity index (χ2v) is 13.9. The van der Waals surface area contributed by atoms with Crippen molar-refractivity contribution in [1.29, 1.82) is 0 Å². The summed E-state index contributed by atoms with van der Waals surface area (Å²) in [6.07, 6.45) is 0.407. The SMILES string of the molecule is COC(=O)N[C@H](C(=O)N[NH+](Cc1ccc(-c2ccccn2)cc1)C[C@@](O)(Cc1ccccc1)C(=O)N[C@H]1c2ccccc2C[C@H]1O)C(C)(C)C. The third-order valence-corrected chi connectivity index (χ3v) is 8.97. The Bertz CT molecular complexity index is 1760. The predicted molar refractivity (Wildman–Crippen MR) is 188 cm³/mol. The highest BCUT2D eigenvalue weighted by atomic mass is 16.5. The van der Waals surface area contributed by atoms with Crippen molar-refractivity contribution in [1.82, 2.24) is 21.0 Å². The van der Waals surface area contributed by atoms with E-state index in [1.807, 2.05) is 118 Å². The second-order valence-electron chi connectivity index (χ2n) is 13.9. The fraction of sp³-hybridized carbons (Fsp3) is 0.333. The smallest absolute Gasteiger partial charge is 0.407 e. The van der Waals surface area contributed by atoms with Gasteiger partial charge in [0.1, 0.15) is 19.1 Å². The first-order chi connectivity index (χ1) is 23.9. The molecule has 1 aliphatic rings. The number of alkyl carbamates (subject to hydrolysis) is 1. The van der Waals surface area contributed by atoms with Crippen molar-refractivity contribution in [2.45, 2.75) is 63.9 Å². The van der Waals surface area contributed by atoms with Crippen molar-refractivity contribution in [3.8, 4) is 11.3 Å². The Morgan fingerprint density at radius 1 is 0.920 bits per heavy atom. The lowest BCUT2D eigenvalue weighted by Crippen LogP contribution is -3.20. The maximum Gasteiger partial charge on any atom is 0.407 e. The third-order valence-electron chi connectivity index (χ3n) is 8.97. The van der Waals surface area contributed by atoms with Gasteiger partial charge in [-0.1, -0.05) is 106 Å². The molecular weight excluding hydrogens is 634 g/mol. The molecule has 1 heterocycles. The molecule has 1 aliphatic carbocycles. The van der Waals surface area contributed by atoms with Gasteiger partial charge in [-0.15, -0.1) is 0 Å². The van der Waals surface area contributed by atoms with E-state index in [-0.39, 0.29) is 19.5 Å². The number of carbonyl (C=O) groups excluding carboxylic acids is 3. The zero-order valence-corrected chi connectivity index (χ0v) is 28.9. The molecule has 0 saturated heterocycles. The fourth-order valence-corrected chi connectivity index (χ4v) is 6.36. The molecule has 0 spiro atoms. The molecule has 262 valence electrons. The number of aliphatic hydroxyl groups is 2. The van der Waals surface area contributed by atoms with Crippen molar-refractivity contribution < 1.29 is 34.3 Å². The third kappa shape index (κ3) is 8.92. The molecule has 5 atom stereocenters. The Morgan fingerprint density at radius 2 is 1.60 bits per heavy atom. The Balaban J connectivity index is 1.48. The van der Waals surface area contributed by atoms with E-state index in [2.05, 4.69) is 21.0 Å². The van der Waals surface area contributed by atoms with Crippen LogP contribution >= 0.6 is 0 Å². The van der Waals surface area contributed by atoms with E-state index >= 15 is 0 Å². The van der Waals surface area contributed by atoms with Crippen LogP contribution in [0.3, 0.4) is 0 Å². The maximum atomic E-state index is 14.3. The van der Waals surface area contributed by atoms with Crippen LogP contribution in [0.5, 0.6) is 0 Å². The van der Waals surface area contributed by atoms with Gasteiger partial charge in [-0.3, -0.25) is 14.6 Å². The van der Waals surface area contributed by atoms with Gasteiger partial charge in [0.15, 0.2) is 5.60 Å². The van der Waals surface area contributed by atoms with Crippen LogP contribution in [0.1, 0.15) is 49.1 Å². The van der Waals surface area contributed by atoms with Gasteiger partial charge in [0.05, 0.1) is 24.9 Å². The van der Waals surface area contributed by atoms with Crippen LogP contribution in [-0.4, -0.2) is 64.5 Å². The van der Waals surface area contributed by atoms with Crippen LogP contribution < -0.4 is 21.1 Å². The second kappa shape index (κ2) is 15.6. The highest BCUT2D eigenvalue weighted by Gasteiger charge is 2.45. The molecule has 0 aliphatic heterocycles. The average molecular weight is 681 g/mol. The lowest BCUT2D eigenvalue weighted by atomic mass is 9.86. The zero-order valence-electron chi connectivity index (χ0n) is 28.9. The summed E-state index contributed by atoms with van der Waals surface area (Å²) in [6.45, 7) is 5.37. The minimum absolute atomic E-state index is 0.0643. The van der Waals surface area contributed by atoms with Crippen molar-refractivity contribution in [3.63, 3.8) is 0 Å². The van der Waals surface area contributed by atoms with Crippen LogP contribution in [0.25, 0.3) is 11.3 Å². The van der Waals surface area contributed by atoms with E-state index in [4.69, 9.17) is 4.74 Å². The number of benzene rings is 3. The van der Waals surface area contributed by atoms with Crippen LogP contribution in [-0.2, 0) is 33.7 Å². The molecule has 5 rings (SSSR count). The van der Waals surface area contributed by atoms with E-state index in [1.165, 1.54) is 7.11 Å². The van der Waals surface area contributed by atoms with E-state index in [9.17, 15) is 24.6 Å². The summed E-state index contributed by atoms with van der Waals surface area (Å²) in [5, 5.41) is 29.3. The number of ether oxygens (including phenoxy) is 1. The van der Waals surface area contributed by atoms with Gasteiger partial charge in [0, 0.05) is 30.2 Å². The quantitative estimate of drug-likeness (QED) is 0.126. The van der Waals surface area contributed by atoms with E-state index in [1.54, 1.807) is 6.20 Å². The van der Waals surface area contributed by atoms with E-state index in [0.717, 1.165) is 27.9 Å². The number of carbonyl (C=O) groups is 3. The minimum atomic E-state index is -2.04. The van der Waals surface area contributed by atoms with E-state index < -0.39 is 47.1 Å². The summed E-state index contributed by atoms with van der Waals surface area (Å²) >= 11 is 0. The molecule has 6 N–H and O–H groups in total.